The van der Waals surface area contributed by atoms with Crippen LogP contribution in [0.1, 0.15) is 35.2 Å². The molecule has 0 unspecified atom stereocenters. The normalized spacial score (nSPS) is 11.7. The number of hydrogen-bond acceptors (Lipinski definition) is 2. The van der Waals surface area contributed by atoms with Crippen LogP contribution in [-0.2, 0) is 5.75 Å². The monoisotopic (exact) mass is 406 g/mol. The molecule has 0 saturated carbocycles. The van der Waals surface area contributed by atoms with Crippen molar-refractivity contribution in [2.75, 3.05) is 5.32 Å². The van der Waals surface area contributed by atoms with Crippen LogP contribution >= 0.6 is 24.0 Å². The summed E-state index contributed by atoms with van der Waals surface area (Å²) in [5.74, 6) is 0.955. The molecule has 2 N–H and O–H groups in total. The maximum absolute atomic E-state index is 5.50. The number of thioether (sulfide) groups is 1. The Balaban J connectivity index is 1.52. The van der Waals surface area contributed by atoms with Gasteiger partial charge in [-0.05, 0) is 73.9 Å². The molecule has 0 heterocycles. The fraction of sp³-hybridized carbons (Fsp3) is 0.208. The molecule has 1 atom stereocenters. The van der Waals surface area contributed by atoms with Crippen molar-refractivity contribution < 1.29 is 0 Å². The van der Waals surface area contributed by atoms with E-state index in [0.29, 0.717) is 5.11 Å². The molecular formula is C24H26N2S2. The first-order chi connectivity index (χ1) is 13.5. The van der Waals surface area contributed by atoms with Crippen LogP contribution in [0.4, 0.5) is 5.69 Å². The Morgan fingerprint density at radius 1 is 0.964 bits per heavy atom. The summed E-state index contributed by atoms with van der Waals surface area (Å²) in [6, 6.07) is 25.6. The van der Waals surface area contributed by atoms with Crippen LogP contribution in [0, 0.1) is 13.8 Å². The average Bonchev–Trinajstić information content (AvgIpc) is 2.68. The Morgan fingerprint density at radius 2 is 1.68 bits per heavy atom. The van der Waals surface area contributed by atoms with Gasteiger partial charge in [-0.2, -0.15) is 0 Å². The van der Waals surface area contributed by atoms with Gasteiger partial charge in [-0.15, -0.1) is 11.8 Å². The Labute approximate surface area is 177 Å². The maximum atomic E-state index is 5.50. The first-order valence-electron chi connectivity index (χ1n) is 9.43. The van der Waals surface area contributed by atoms with E-state index in [9.17, 15) is 0 Å². The zero-order valence-corrected chi connectivity index (χ0v) is 18.2. The van der Waals surface area contributed by atoms with Gasteiger partial charge in [-0.1, -0.05) is 54.1 Å². The van der Waals surface area contributed by atoms with Crippen molar-refractivity contribution in [2.24, 2.45) is 0 Å². The summed E-state index contributed by atoms with van der Waals surface area (Å²) in [6.45, 7) is 6.39. The van der Waals surface area contributed by atoms with E-state index in [1.807, 2.05) is 17.8 Å². The quantitative estimate of drug-likeness (QED) is 0.354. The molecule has 0 aliphatic heterocycles. The number of benzene rings is 3. The summed E-state index contributed by atoms with van der Waals surface area (Å²) in [5.41, 5.74) is 6.12. The molecule has 0 spiro atoms. The van der Waals surface area contributed by atoms with Gasteiger partial charge >= 0.3 is 0 Å². The van der Waals surface area contributed by atoms with E-state index in [0.717, 1.165) is 11.4 Å². The molecule has 0 aliphatic rings. The maximum Gasteiger partial charge on any atom is 0.171 e. The van der Waals surface area contributed by atoms with Crippen molar-refractivity contribution in [3.8, 4) is 0 Å². The van der Waals surface area contributed by atoms with Crippen molar-refractivity contribution in [3.63, 3.8) is 0 Å². The van der Waals surface area contributed by atoms with E-state index in [1.165, 1.54) is 27.1 Å². The fourth-order valence-electron chi connectivity index (χ4n) is 3.12. The van der Waals surface area contributed by atoms with Crippen LogP contribution in [0.15, 0.2) is 77.7 Å². The molecule has 0 fully saturated rings. The molecule has 4 heteroatoms. The largest absolute Gasteiger partial charge is 0.356 e. The van der Waals surface area contributed by atoms with Gasteiger partial charge in [0, 0.05) is 16.3 Å². The lowest BCUT2D eigenvalue weighted by atomic mass is 10.0. The van der Waals surface area contributed by atoms with Crippen LogP contribution in [0.25, 0.3) is 0 Å². The lowest BCUT2D eigenvalue weighted by Crippen LogP contribution is -2.31. The molecule has 3 aromatic rings. The smallest absolute Gasteiger partial charge is 0.171 e. The molecule has 3 aromatic carbocycles. The Morgan fingerprint density at radius 3 is 2.36 bits per heavy atom. The number of aryl methyl sites for hydroxylation is 2. The van der Waals surface area contributed by atoms with Gasteiger partial charge in [0.2, 0.25) is 0 Å². The Bertz CT molecular complexity index is 921. The third kappa shape index (κ3) is 5.85. The number of thiocarbonyl (C=S) groups is 1. The van der Waals surface area contributed by atoms with Crippen LogP contribution in [0.3, 0.4) is 0 Å². The van der Waals surface area contributed by atoms with Crippen LogP contribution in [0.5, 0.6) is 0 Å². The summed E-state index contributed by atoms with van der Waals surface area (Å²) >= 11 is 7.35. The van der Waals surface area contributed by atoms with E-state index < -0.39 is 0 Å². The lowest BCUT2D eigenvalue weighted by molar-refractivity contribution is 0.717. The molecule has 3 rings (SSSR count). The number of nitrogens with one attached hydrogen (secondary N) is 2. The van der Waals surface area contributed by atoms with Gasteiger partial charge in [0.05, 0.1) is 6.04 Å². The van der Waals surface area contributed by atoms with Crippen LogP contribution in [-0.4, -0.2) is 5.11 Å². The molecule has 0 saturated heterocycles. The second kappa shape index (κ2) is 9.76. The highest BCUT2D eigenvalue weighted by Gasteiger charge is 2.10. The summed E-state index contributed by atoms with van der Waals surface area (Å²) < 4.78 is 0. The van der Waals surface area contributed by atoms with Crippen molar-refractivity contribution in [1.82, 2.24) is 5.32 Å². The number of anilines is 1. The van der Waals surface area contributed by atoms with Gasteiger partial charge in [0.1, 0.15) is 0 Å². The Hall–Kier alpha value is -2.30. The third-order valence-corrected chi connectivity index (χ3v) is 5.90. The minimum Gasteiger partial charge on any atom is -0.356 e. The minimum absolute atomic E-state index is 0.155. The molecule has 2 nitrogen and oxygen atoms in total. The zero-order valence-electron chi connectivity index (χ0n) is 16.5. The molecule has 144 valence electrons. The second-order valence-corrected chi connectivity index (χ2v) is 8.44. The highest BCUT2D eigenvalue weighted by atomic mass is 32.2. The fourth-order valence-corrected chi connectivity index (χ4v) is 4.29. The Kier molecular flexibility index (Phi) is 7.12. The molecule has 0 aromatic heterocycles. The molecular weight excluding hydrogens is 380 g/mol. The van der Waals surface area contributed by atoms with Crippen molar-refractivity contribution >= 4 is 34.8 Å². The predicted molar refractivity (Wildman–Crippen MR) is 126 cm³/mol. The highest BCUT2D eigenvalue weighted by molar-refractivity contribution is 7.98. The number of rotatable bonds is 6. The standard InChI is InChI=1S/C24H26N2S2/c1-17-9-14-23(18(2)15-17)19(3)25-24(27)26-21-12-10-20(11-13-21)16-28-22-7-5-4-6-8-22/h4-15,19H,16H2,1-3H3,(H2,25,26,27)/t19-/m0/s1. The SMILES string of the molecule is Cc1ccc([C@H](C)NC(=S)Nc2ccc(CSc3ccccc3)cc2)c(C)c1. The summed E-state index contributed by atoms with van der Waals surface area (Å²) in [5, 5.41) is 7.31. The van der Waals surface area contributed by atoms with Gasteiger partial charge in [0.15, 0.2) is 5.11 Å². The highest BCUT2D eigenvalue weighted by Crippen LogP contribution is 2.23. The minimum atomic E-state index is 0.155. The van der Waals surface area contributed by atoms with Gasteiger partial charge < -0.3 is 10.6 Å². The predicted octanol–water partition coefficient (Wildman–Crippen LogP) is 6.64. The zero-order chi connectivity index (χ0) is 19.9. The average molecular weight is 407 g/mol. The first kappa shape index (κ1) is 20.4. The van der Waals surface area contributed by atoms with E-state index in [-0.39, 0.29) is 6.04 Å². The van der Waals surface area contributed by atoms with E-state index in [4.69, 9.17) is 12.2 Å². The third-order valence-electron chi connectivity index (χ3n) is 4.60. The van der Waals surface area contributed by atoms with Gasteiger partial charge in [-0.25, -0.2) is 0 Å². The second-order valence-electron chi connectivity index (χ2n) is 6.98. The van der Waals surface area contributed by atoms with E-state index in [2.05, 4.69) is 98.1 Å². The van der Waals surface area contributed by atoms with Crippen molar-refractivity contribution in [3.05, 3.63) is 95.1 Å². The molecule has 28 heavy (non-hydrogen) atoms. The summed E-state index contributed by atoms with van der Waals surface area (Å²) in [7, 11) is 0. The van der Waals surface area contributed by atoms with Crippen molar-refractivity contribution in [1.29, 1.82) is 0 Å². The van der Waals surface area contributed by atoms with Crippen LogP contribution in [0.2, 0.25) is 0 Å². The lowest BCUT2D eigenvalue weighted by Gasteiger charge is -2.19. The number of hydrogen-bond donors (Lipinski definition) is 2. The van der Waals surface area contributed by atoms with Crippen LogP contribution < -0.4 is 10.6 Å². The van der Waals surface area contributed by atoms with Gasteiger partial charge in [-0.3, -0.25) is 0 Å². The molecule has 0 bridgehead atoms. The first-order valence-corrected chi connectivity index (χ1v) is 10.8. The van der Waals surface area contributed by atoms with E-state index in [1.54, 1.807) is 0 Å². The van der Waals surface area contributed by atoms with Gasteiger partial charge in [0.25, 0.3) is 0 Å². The summed E-state index contributed by atoms with van der Waals surface area (Å²) in [6.07, 6.45) is 0. The van der Waals surface area contributed by atoms with E-state index >= 15 is 0 Å². The summed E-state index contributed by atoms with van der Waals surface area (Å²) in [4.78, 5) is 1.29. The molecule has 0 aliphatic carbocycles. The topological polar surface area (TPSA) is 24.1 Å². The molecule has 0 radical (unpaired) electrons. The molecule has 0 amide bonds. The van der Waals surface area contributed by atoms with Crippen molar-refractivity contribution in [2.45, 2.75) is 37.5 Å².